The second-order valence-electron chi connectivity index (χ2n) is 6.78. The molecule has 0 saturated carbocycles. The van der Waals surface area contributed by atoms with Gasteiger partial charge in [-0.05, 0) is 30.7 Å². The maximum atomic E-state index is 13.3. The molecule has 0 unspecified atom stereocenters. The van der Waals surface area contributed by atoms with E-state index < -0.39 is 5.82 Å². The molecule has 0 aliphatic carbocycles. The van der Waals surface area contributed by atoms with Gasteiger partial charge in [-0.15, -0.1) is 0 Å². The Bertz CT molecular complexity index is 1020. The van der Waals surface area contributed by atoms with Crippen molar-refractivity contribution in [3.63, 3.8) is 0 Å². The summed E-state index contributed by atoms with van der Waals surface area (Å²) >= 11 is 0. The average molecular weight is 393 g/mol. The number of hydrogen-bond donors (Lipinski definition) is 1. The number of aryl methyl sites for hydroxylation is 1. The van der Waals surface area contributed by atoms with Crippen molar-refractivity contribution in [1.82, 2.24) is 24.8 Å². The Balaban J connectivity index is 1.40. The van der Waals surface area contributed by atoms with Crippen molar-refractivity contribution in [2.75, 3.05) is 36.4 Å². The lowest BCUT2D eigenvalue weighted by molar-refractivity contribution is 0.0745. The minimum Gasteiger partial charge on any atom is -0.353 e. The van der Waals surface area contributed by atoms with Crippen molar-refractivity contribution in [3.8, 4) is 0 Å². The minimum absolute atomic E-state index is 0.216. The van der Waals surface area contributed by atoms with E-state index in [1.807, 2.05) is 25.1 Å². The van der Waals surface area contributed by atoms with Gasteiger partial charge in [-0.2, -0.15) is 0 Å². The van der Waals surface area contributed by atoms with Crippen molar-refractivity contribution in [2.24, 2.45) is 0 Å². The normalized spacial score (nSPS) is 14.0. The molecule has 1 fully saturated rings. The summed E-state index contributed by atoms with van der Waals surface area (Å²) in [6.45, 7) is 4.27. The lowest BCUT2D eigenvalue weighted by atomic mass is 10.2. The second-order valence-corrected chi connectivity index (χ2v) is 6.78. The summed E-state index contributed by atoms with van der Waals surface area (Å²) in [5.41, 5.74) is 1.36. The summed E-state index contributed by atoms with van der Waals surface area (Å²) in [6, 6.07) is 6.94. The first-order valence-electron chi connectivity index (χ1n) is 9.25. The third-order valence-corrected chi connectivity index (χ3v) is 4.67. The Morgan fingerprint density at radius 2 is 1.83 bits per heavy atom. The topological polar surface area (TPSA) is 87.1 Å². The van der Waals surface area contributed by atoms with Crippen LogP contribution in [0, 0.1) is 12.7 Å². The van der Waals surface area contributed by atoms with Gasteiger partial charge < -0.3 is 15.1 Å². The molecule has 1 aliphatic rings. The Labute approximate surface area is 167 Å². The fourth-order valence-electron chi connectivity index (χ4n) is 3.17. The Morgan fingerprint density at radius 1 is 1.03 bits per heavy atom. The van der Waals surface area contributed by atoms with Gasteiger partial charge in [0.25, 0.3) is 5.91 Å². The summed E-state index contributed by atoms with van der Waals surface area (Å²) in [5, 5.41) is 3.18. The minimum atomic E-state index is -0.515. The number of carbonyl (C=O) groups is 1. The van der Waals surface area contributed by atoms with Crippen LogP contribution in [0.15, 0.2) is 49.2 Å². The van der Waals surface area contributed by atoms with Gasteiger partial charge in [0, 0.05) is 44.6 Å². The largest absolute Gasteiger partial charge is 0.353 e. The molecule has 29 heavy (non-hydrogen) atoms. The maximum Gasteiger partial charge on any atom is 0.255 e. The zero-order valence-electron chi connectivity index (χ0n) is 15.9. The van der Waals surface area contributed by atoms with Crippen molar-refractivity contribution >= 4 is 23.4 Å². The lowest BCUT2D eigenvalue weighted by Crippen LogP contribution is -2.49. The van der Waals surface area contributed by atoms with Crippen molar-refractivity contribution in [1.29, 1.82) is 0 Å². The van der Waals surface area contributed by atoms with E-state index in [1.165, 1.54) is 18.6 Å². The van der Waals surface area contributed by atoms with Crippen LogP contribution in [0.25, 0.3) is 0 Å². The predicted octanol–water partition coefficient (Wildman–Crippen LogP) is 2.42. The molecule has 0 atom stereocenters. The van der Waals surface area contributed by atoms with Crippen LogP contribution in [0.1, 0.15) is 15.9 Å². The molecule has 3 aromatic heterocycles. The van der Waals surface area contributed by atoms with Crippen LogP contribution < -0.4 is 10.2 Å². The molecule has 4 rings (SSSR count). The van der Waals surface area contributed by atoms with Gasteiger partial charge in [-0.3, -0.25) is 9.78 Å². The molecule has 1 aliphatic heterocycles. The first-order chi connectivity index (χ1) is 14.1. The summed E-state index contributed by atoms with van der Waals surface area (Å²) in [5.74, 6) is 1.41. The molecule has 148 valence electrons. The van der Waals surface area contributed by atoms with Crippen LogP contribution in [-0.4, -0.2) is 56.9 Å². The van der Waals surface area contributed by atoms with E-state index in [-0.39, 0.29) is 11.5 Å². The third kappa shape index (κ3) is 4.45. The number of nitrogens with one attached hydrogen (secondary N) is 1. The average Bonchev–Trinajstić information content (AvgIpc) is 2.74. The molecule has 0 radical (unpaired) electrons. The Hall–Kier alpha value is -3.62. The number of anilines is 3. The van der Waals surface area contributed by atoms with E-state index in [4.69, 9.17) is 0 Å². The monoisotopic (exact) mass is 393 g/mol. The highest BCUT2D eigenvalue weighted by atomic mass is 19.1. The molecular weight excluding hydrogens is 373 g/mol. The predicted molar refractivity (Wildman–Crippen MR) is 107 cm³/mol. The molecule has 3 aromatic rings. The van der Waals surface area contributed by atoms with E-state index in [2.05, 4.69) is 30.2 Å². The summed E-state index contributed by atoms with van der Waals surface area (Å²) < 4.78 is 13.3. The first-order valence-corrected chi connectivity index (χ1v) is 9.25. The molecule has 1 N–H and O–H groups in total. The highest BCUT2D eigenvalue weighted by Crippen LogP contribution is 2.19. The number of rotatable bonds is 4. The smallest absolute Gasteiger partial charge is 0.255 e. The van der Waals surface area contributed by atoms with Gasteiger partial charge in [0.2, 0.25) is 0 Å². The molecule has 9 heteroatoms. The Morgan fingerprint density at radius 3 is 2.59 bits per heavy atom. The van der Waals surface area contributed by atoms with Crippen molar-refractivity contribution in [2.45, 2.75) is 6.92 Å². The van der Waals surface area contributed by atoms with E-state index >= 15 is 0 Å². The molecule has 0 spiro atoms. The number of pyridine rings is 2. The summed E-state index contributed by atoms with van der Waals surface area (Å²) in [7, 11) is 0. The van der Waals surface area contributed by atoms with Gasteiger partial charge in [0.05, 0.1) is 11.8 Å². The molecule has 8 nitrogen and oxygen atoms in total. The highest BCUT2D eigenvalue weighted by molar-refractivity contribution is 5.94. The standard InChI is InChI=1S/C20H20FN7O/c1-14-2-3-23-17(8-14)26-18-10-19(25-13-24-18)27-4-6-28(7-5-27)20(29)15-9-16(21)12-22-11-15/h2-3,8-13H,4-7H2,1H3,(H,23,24,25,26). The molecule has 0 bridgehead atoms. The van der Waals surface area contributed by atoms with E-state index in [0.717, 1.165) is 17.6 Å². The molecular formula is C20H20FN7O. The Kier molecular flexibility index (Phi) is 5.28. The second kappa shape index (κ2) is 8.17. The quantitative estimate of drug-likeness (QED) is 0.728. The van der Waals surface area contributed by atoms with Crippen molar-refractivity contribution in [3.05, 3.63) is 66.1 Å². The first kappa shape index (κ1) is 18.7. The van der Waals surface area contributed by atoms with Gasteiger partial charge in [0.15, 0.2) is 0 Å². The zero-order valence-corrected chi connectivity index (χ0v) is 15.9. The van der Waals surface area contributed by atoms with Gasteiger partial charge in [-0.1, -0.05) is 0 Å². The van der Waals surface area contributed by atoms with Crippen LogP contribution in [-0.2, 0) is 0 Å². The number of piperazine rings is 1. The number of amides is 1. The molecule has 1 amide bonds. The zero-order chi connectivity index (χ0) is 20.2. The van der Waals surface area contributed by atoms with Gasteiger partial charge in [0.1, 0.15) is 29.6 Å². The van der Waals surface area contributed by atoms with E-state index in [1.54, 1.807) is 11.1 Å². The van der Waals surface area contributed by atoms with Crippen LogP contribution in [0.3, 0.4) is 0 Å². The summed E-state index contributed by atoms with van der Waals surface area (Å²) in [6.07, 6.45) is 5.72. The number of hydrogen-bond acceptors (Lipinski definition) is 7. The number of aromatic nitrogens is 4. The van der Waals surface area contributed by atoms with Crippen LogP contribution in [0.4, 0.5) is 21.8 Å². The molecule has 0 aromatic carbocycles. The fraction of sp³-hybridized carbons (Fsp3) is 0.250. The lowest BCUT2D eigenvalue weighted by Gasteiger charge is -2.35. The maximum absolute atomic E-state index is 13.3. The highest BCUT2D eigenvalue weighted by Gasteiger charge is 2.23. The number of nitrogens with zero attached hydrogens (tertiary/aromatic N) is 6. The third-order valence-electron chi connectivity index (χ3n) is 4.67. The number of halogens is 1. The summed E-state index contributed by atoms with van der Waals surface area (Å²) in [4.78, 5) is 33.0. The fourth-order valence-corrected chi connectivity index (χ4v) is 3.17. The molecule has 4 heterocycles. The molecule has 1 saturated heterocycles. The van der Waals surface area contributed by atoms with Crippen LogP contribution in [0.2, 0.25) is 0 Å². The van der Waals surface area contributed by atoms with E-state index in [0.29, 0.717) is 37.8 Å². The van der Waals surface area contributed by atoms with Crippen LogP contribution in [0.5, 0.6) is 0 Å². The van der Waals surface area contributed by atoms with E-state index in [9.17, 15) is 9.18 Å². The number of carbonyl (C=O) groups excluding carboxylic acids is 1. The van der Waals surface area contributed by atoms with Crippen LogP contribution >= 0.6 is 0 Å². The van der Waals surface area contributed by atoms with Gasteiger partial charge in [-0.25, -0.2) is 19.3 Å². The SMILES string of the molecule is Cc1ccnc(Nc2cc(N3CCN(C(=O)c4cncc(F)c4)CC3)ncn2)c1. The van der Waals surface area contributed by atoms with Crippen molar-refractivity contribution < 1.29 is 9.18 Å². The van der Waals surface area contributed by atoms with Gasteiger partial charge >= 0.3 is 0 Å².